The zero-order valence-corrected chi connectivity index (χ0v) is 19.9. The molecular formula is C27H32N2O6. The third kappa shape index (κ3) is 6.00. The summed E-state index contributed by atoms with van der Waals surface area (Å²) in [6.07, 6.45) is 0.837. The Morgan fingerprint density at radius 3 is 2.40 bits per heavy atom. The second-order valence-corrected chi connectivity index (χ2v) is 9.25. The van der Waals surface area contributed by atoms with Gasteiger partial charge in [-0.1, -0.05) is 48.5 Å². The van der Waals surface area contributed by atoms with Crippen LogP contribution in [0.15, 0.2) is 48.5 Å². The second kappa shape index (κ2) is 11.4. The van der Waals surface area contributed by atoms with Gasteiger partial charge in [0.2, 0.25) is 5.91 Å². The molecule has 1 heterocycles. The van der Waals surface area contributed by atoms with Crippen molar-refractivity contribution in [3.05, 3.63) is 59.7 Å². The maximum absolute atomic E-state index is 12.4. The summed E-state index contributed by atoms with van der Waals surface area (Å²) in [5, 5.41) is 14.8. The first-order chi connectivity index (χ1) is 16.9. The summed E-state index contributed by atoms with van der Waals surface area (Å²) in [5.41, 5.74) is 4.70. The number of nitrogens with one attached hydrogen (secondary N) is 2. The van der Waals surface area contributed by atoms with Crippen molar-refractivity contribution >= 4 is 18.0 Å². The van der Waals surface area contributed by atoms with E-state index in [2.05, 4.69) is 34.9 Å². The van der Waals surface area contributed by atoms with Gasteiger partial charge in [-0.25, -0.2) is 9.59 Å². The highest BCUT2D eigenvalue weighted by Crippen LogP contribution is 2.44. The second-order valence-electron chi connectivity index (χ2n) is 9.25. The molecule has 1 aliphatic heterocycles. The predicted molar refractivity (Wildman–Crippen MR) is 130 cm³/mol. The molecule has 8 heteroatoms. The summed E-state index contributed by atoms with van der Waals surface area (Å²) in [5.74, 6) is -1.31. The van der Waals surface area contributed by atoms with Crippen LogP contribution in [-0.2, 0) is 19.1 Å². The molecule has 0 saturated carbocycles. The number of fused-ring (bicyclic) bond motifs is 3. The van der Waals surface area contributed by atoms with Crippen molar-refractivity contribution in [3.8, 4) is 11.1 Å². The lowest BCUT2D eigenvalue weighted by Gasteiger charge is -2.17. The number of hydrogen-bond donors (Lipinski definition) is 3. The fourth-order valence-electron chi connectivity index (χ4n) is 4.93. The lowest BCUT2D eigenvalue weighted by molar-refractivity contribution is -0.149. The number of amides is 2. The number of alkyl carbamates (subject to hydrolysis) is 1. The van der Waals surface area contributed by atoms with Crippen molar-refractivity contribution < 1.29 is 29.0 Å². The van der Waals surface area contributed by atoms with Gasteiger partial charge in [-0.3, -0.25) is 4.79 Å². The largest absolute Gasteiger partial charge is 0.479 e. The van der Waals surface area contributed by atoms with Gasteiger partial charge < -0.3 is 25.2 Å². The minimum absolute atomic E-state index is 0.0122. The van der Waals surface area contributed by atoms with E-state index >= 15 is 0 Å². The van der Waals surface area contributed by atoms with E-state index in [9.17, 15) is 14.4 Å². The van der Waals surface area contributed by atoms with Crippen LogP contribution in [0.2, 0.25) is 0 Å². The maximum atomic E-state index is 12.4. The first-order valence-corrected chi connectivity index (χ1v) is 12.2. The van der Waals surface area contributed by atoms with Gasteiger partial charge in [0, 0.05) is 37.5 Å². The molecule has 0 bridgehead atoms. The third-order valence-corrected chi connectivity index (χ3v) is 6.77. The van der Waals surface area contributed by atoms with Gasteiger partial charge in [0.1, 0.15) is 6.61 Å². The van der Waals surface area contributed by atoms with Gasteiger partial charge in [0.15, 0.2) is 6.10 Å². The van der Waals surface area contributed by atoms with E-state index in [1.165, 1.54) is 22.3 Å². The Morgan fingerprint density at radius 2 is 1.74 bits per heavy atom. The van der Waals surface area contributed by atoms with Crippen LogP contribution in [-0.4, -0.2) is 55.0 Å². The highest BCUT2D eigenvalue weighted by atomic mass is 16.5. The SMILES string of the molecule is CC(CCCC(=O)NCC1CCOC1C(=O)O)NC(=O)OCC1c2ccccc2-c2ccccc21. The van der Waals surface area contributed by atoms with E-state index in [1.54, 1.807) is 0 Å². The molecule has 186 valence electrons. The van der Waals surface area contributed by atoms with Gasteiger partial charge in [-0.2, -0.15) is 0 Å². The van der Waals surface area contributed by atoms with Crippen LogP contribution < -0.4 is 10.6 Å². The molecule has 4 rings (SSSR count). The molecule has 1 fully saturated rings. The molecule has 35 heavy (non-hydrogen) atoms. The van der Waals surface area contributed by atoms with E-state index in [4.69, 9.17) is 14.6 Å². The van der Waals surface area contributed by atoms with Crippen LogP contribution in [0.5, 0.6) is 0 Å². The molecule has 1 aliphatic carbocycles. The van der Waals surface area contributed by atoms with E-state index in [0.717, 1.165) is 0 Å². The first-order valence-electron chi connectivity index (χ1n) is 12.2. The number of benzene rings is 2. The third-order valence-electron chi connectivity index (χ3n) is 6.77. The van der Waals surface area contributed by atoms with Crippen molar-refractivity contribution in [2.75, 3.05) is 19.8 Å². The number of carboxylic acid groups (broad SMARTS) is 1. The Morgan fingerprint density at radius 1 is 1.09 bits per heavy atom. The summed E-state index contributed by atoms with van der Waals surface area (Å²) < 4.78 is 10.8. The minimum atomic E-state index is -0.991. The van der Waals surface area contributed by atoms with Crippen LogP contribution >= 0.6 is 0 Å². The molecule has 2 aromatic carbocycles. The summed E-state index contributed by atoms with van der Waals surface area (Å²) >= 11 is 0. The van der Waals surface area contributed by atoms with Gasteiger partial charge >= 0.3 is 12.1 Å². The summed E-state index contributed by atoms with van der Waals surface area (Å²) in [7, 11) is 0. The number of aliphatic carboxylic acids is 1. The zero-order valence-electron chi connectivity index (χ0n) is 19.9. The highest BCUT2D eigenvalue weighted by molar-refractivity contribution is 5.79. The normalized spacial score (nSPS) is 19.5. The van der Waals surface area contributed by atoms with Gasteiger partial charge in [-0.15, -0.1) is 0 Å². The molecule has 1 saturated heterocycles. The van der Waals surface area contributed by atoms with Crippen LogP contribution in [0, 0.1) is 5.92 Å². The van der Waals surface area contributed by atoms with Crippen molar-refractivity contribution in [1.82, 2.24) is 10.6 Å². The fourth-order valence-corrected chi connectivity index (χ4v) is 4.93. The number of rotatable bonds is 10. The van der Waals surface area contributed by atoms with Crippen molar-refractivity contribution in [3.63, 3.8) is 0 Å². The molecule has 2 aromatic rings. The van der Waals surface area contributed by atoms with Crippen molar-refractivity contribution in [2.24, 2.45) is 5.92 Å². The van der Waals surface area contributed by atoms with Gasteiger partial charge in [-0.05, 0) is 48.4 Å². The molecule has 8 nitrogen and oxygen atoms in total. The summed E-state index contributed by atoms with van der Waals surface area (Å²) in [6.45, 7) is 2.84. The van der Waals surface area contributed by atoms with Crippen LogP contribution in [0.1, 0.15) is 49.7 Å². The standard InChI is InChI=1S/C27H32N2O6/c1-17(7-6-12-24(30)28-15-18-13-14-34-25(18)26(31)32)29-27(33)35-16-23-21-10-4-2-8-19(21)20-9-3-5-11-22(20)23/h2-5,8-11,17-18,23,25H,6-7,12-16H2,1H3,(H,28,30)(H,29,33)(H,31,32). The monoisotopic (exact) mass is 480 g/mol. The number of carboxylic acids is 1. The van der Waals surface area contributed by atoms with Crippen LogP contribution in [0.4, 0.5) is 4.79 Å². The lowest BCUT2D eigenvalue weighted by atomic mass is 9.98. The van der Waals surface area contributed by atoms with Gasteiger partial charge in [0.05, 0.1) is 0 Å². The number of ether oxygens (including phenoxy) is 2. The molecule has 0 aromatic heterocycles. The Balaban J connectivity index is 1.16. The topological polar surface area (TPSA) is 114 Å². The summed E-state index contributed by atoms with van der Waals surface area (Å²) in [6, 6.07) is 16.2. The summed E-state index contributed by atoms with van der Waals surface area (Å²) in [4.78, 5) is 35.7. The lowest BCUT2D eigenvalue weighted by Crippen LogP contribution is -2.36. The molecule has 0 spiro atoms. The van der Waals surface area contributed by atoms with E-state index in [-0.39, 0.29) is 30.4 Å². The highest BCUT2D eigenvalue weighted by Gasteiger charge is 2.34. The van der Waals surface area contributed by atoms with Crippen LogP contribution in [0.25, 0.3) is 11.1 Å². The molecule has 0 radical (unpaired) electrons. The average molecular weight is 481 g/mol. The molecule has 2 aliphatic rings. The first kappa shape index (κ1) is 24.7. The maximum Gasteiger partial charge on any atom is 0.407 e. The Hall–Kier alpha value is -3.39. The Kier molecular flexibility index (Phi) is 8.02. The molecule has 3 atom stereocenters. The fraction of sp³-hybridized carbons (Fsp3) is 0.444. The van der Waals surface area contributed by atoms with E-state index in [1.807, 2.05) is 31.2 Å². The molecular weight excluding hydrogens is 448 g/mol. The van der Waals surface area contributed by atoms with E-state index < -0.39 is 18.2 Å². The molecule has 2 amide bonds. The van der Waals surface area contributed by atoms with Gasteiger partial charge in [0.25, 0.3) is 0 Å². The number of hydrogen-bond acceptors (Lipinski definition) is 5. The Labute approximate surface area is 205 Å². The smallest absolute Gasteiger partial charge is 0.407 e. The quantitative estimate of drug-likeness (QED) is 0.478. The minimum Gasteiger partial charge on any atom is -0.479 e. The number of carbonyl (C=O) groups excluding carboxylic acids is 2. The van der Waals surface area contributed by atoms with Crippen LogP contribution in [0.3, 0.4) is 0 Å². The van der Waals surface area contributed by atoms with E-state index in [0.29, 0.717) is 38.8 Å². The predicted octanol–water partition coefficient (Wildman–Crippen LogP) is 3.69. The molecule has 3 N–H and O–H groups in total. The average Bonchev–Trinajstić information content (AvgIpc) is 3.44. The molecule has 3 unspecified atom stereocenters. The Bertz CT molecular complexity index is 1030. The number of carbonyl (C=O) groups is 3. The van der Waals surface area contributed by atoms with Crippen molar-refractivity contribution in [2.45, 2.75) is 50.7 Å². The zero-order chi connectivity index (χ0) is 24.8. The van der Waals surface area contributed by atoms with Crippen molar-refractivity contribution in [1.29, 1.82) is 0 Å².